The van der Waals surface area contributed by atoms with Crippen molar-refractivity contribution in [3.8, 4) is 0 Å². The van der Waals surface area contributed by atoms with E-state index in [0.29, 0.717) is 12.6 Å². The van der Waals surface area contributed by atoms with Crippen molar-refractivity contribution in [1.29, 1.82) is 0 Å². The number of amides is 2. The fourth-order valence-corrected chi connectivity index (χ4v) is 1.67. The van der Waals surface area contributed by atoms with Crippen molar-refractivity contribution in [2.24, 2.45) is 0 Å². The third kappa shape index (κ3) is 2.99. The van der Waals surface area contributed by atoms with Gasteiger partial charge in [0.25, 0.3) is 0 Å². The molecule has 0 aromatic heterocycles. The van der Waals surface area contributed by atoms with Crippen LogP contribution in [0.4, 0.5) is 4.79 Å². The molecule has 1 aromatic rings. The van der Waals surface area contributed by atoms with Crippen molar-refractivity contribution in [1.82, 2.24) is 10.2 Å². The van der Waals surface area contributed by atoms with Crippen LogP contribution >= 0.6 is 0 Å². The number of aryl methyl sites for hydroxylation is 1. The van der Waals surface area contributed by atoms with Crippen LogP contribution in [0.15, 0.2) is 24.3 Å². The zero-order valence-electron chi connectivity index (χ0n) is 9.86. The van der Waals surface area contributed by atoms with E-state index in [1.807, 2.05) is 19.2 Å². The highest BCUT2D eigenvalue weighted by Gasteiger charge is 2.24. The average Bonchev–Trinajstić information content (AvgIpc) is 3.01. The number of urea groups is 1. The van der Waals surface area contributed by atoms with Gasteiger partial charge in [-0.2, -0.15) is 0 Å². The maximum atomic E-state index is 11.7. The Morgan fingerprint density at radius 3 is 2.88 bits per heavy atom. The van der Waals surface area contributed by atoms with Crippen molar-refractivity contribution in [2.75, 3.05) is 7.05 Å². The highest BCUT2D eigenvalue weighted by Crippen LogP contribution is 2.19. The molecule has 0 bridgehead atoms. The lowest BCUT2D eigenvalue weighted by atomic mass is 10.1. The maximum absolute atomic E-state index is 11.7. The van der Waals surface area contributed by atoms with Crippen LogP contribution in [0.3, 0.4) is 0 Å². The summed E-state index contributed by atoms with van der Waals surface area (Å²) in [4.78, 5) is 13.4. The Balaban J connectivity index is 1.90. The Morgan fingerprint density at radius 2 is 2.25 bits per heavy atom. The summed E-state index contributed by atoms with van der Waals surface area (Å²) in [6.07, 6.45) is 2.26. The first-order valence-electron chi connectivity index (χ1n) is 5.72. The Labute approximate surface area is 96.5 Å². The maximum Gasteiger partial charge on any atom is 0.317 e. The first-order chi connectivity index (χ1) is 7.65. The first kappa shape index (κ1) is 11.0. The van der Waals surface area contributed by atoms with E-state index in [1.165, 1.54) is 11.1 Å². The molecule has 0 atom stereocenters. The van der Waals surface area contributed by atoms with Crippen LogP contribution < -0.4 is 5.32 Å². The second-order valence-corrected chi connectivity index (χ2v) is 4.57. The Bertz CT molecular complexity index is 385. The first-order valence-corrected chi connectivity index (χ1v) is 5.72. The second kappa shape index (κ2) is 4.56. The van der Waals surface area contributed by atoms with E-state index in [4.69, 9.17) is 0 Å². The van der Waals surface area contributed by atoms with Crippen molar-refractivity contribution >= 4 is 6.03 Å². The number of nitrogens with one attached hydrogen (secondary N) is 1. The summed E-state index contributed by atoms with van der Waals surface area (Å²) in [7, 11) is 1.83. The molecule has 1 aromatic carbocycles. The predicted octanol–water partition coefficient (Wildman–Crippen LogP) is 2.30. The molecule has 0 heterocycles. The molecule has 3 nitrogen and oxygen atoms in total. The summed E-state index contributed by atoms with van der Waals surface area (Å²) in [6, 6.07) is 8.70. The van der Waals surface area contributed by atoms with Gasteiger partial charge < -0.3 is 10.2 Å². The zero-order valence-corrected chi connectivity index (χ0v) is 9.86. The van der Waals surface area contributed by atoms with E-state index >= 15 is 0 Å². The summed E-state index contributed by atoms with van der Waals surface area (Å²) in [6.45, 7) is 2.73. The van der Waals surface area contributed by atoms with Gasteiger partial charge in [-0.15, -0.1) is 0 Å². The average molecular weight is 218 g/mol. The predicted molar refractivity (Wildman–Crippen MR) is 64.2 cm³/mol. The van der Waals surface area contributed by atoms with E-state index in [1.54, 1.807) is 4.90 Å². The number of nitrogens with zero attached hydrogens (tertiary/aromatic N) is 1. The van der Waals surface area contributed by atoms with Gasteiger partial charge in [0.15, 0.2) is 0 Å². The third-order valence-electron chi connectivity index (χ3n) is 2.75. The highest BCUT2D eigenvalue weighted by molar-refractivity contribution is 5.74. The van der Waals surface area contributed by atoms with Gasteiger partial charge in [0.1, 0.15) is 0 Å². The second-order valence-electron chi connectivity index (χ2n) is 4.57. The van der Waals surface area contributed by atoms with Crippen LogP contribution in [0, 0.1) is 6.92 Å². The lowest BCUT2D eigenvalue weighted by Gasteiger charge is -2.18. The smallest absolute Gasteiger partial charge is 0.317 e. The number of benzene rings is 1. The molecule has 1 fully saturated rings. The number of rotatable bonds is 3. The van der Waals surface area contributed by atoms with E-state index in [-0.39, 0.29) is 6.03 Å². The molecule has 2 amide bonds. The van der Waals surface area contributed by atoms with Gasteiger partial charge in [-0.05, 0) is 25.3 Å². The van der Waals surface area contributed by atoms with Gasteiger partial charge >= 0.3 is 6.03 Å². The highest BCUT2D eigenvalue weighted by atomic mass is 16.2. The molecule has 1 aliphatic carbocycles. The van der Waals surface area contributed by atoms with Crippen LogP contribution in [0.5, 0.6) is 0 Å². The number of hydrogen-bond acceptors (Lipinski definition) is 1. The molecular weight excluding hydrogens is 200 g/mol. The molecule has 0 unspecified atom stereocenters. The fourth-order valence-electron chi connectivity index (χ4n) is 1.67. The van der Waals surface area contributed by atoms with E-state index < -0.39 is 0 Å². The van der Waals surface area contributed by atoms with Gasteiger partial charge in [0.05, 0.1) is 0 Å². The zero-order chi connectivity index (χ0) is 11.5. The Morgan fingerprint density at radius 1 is 1.50 bits per heavy atom. The molecule has 3 heteroatoms. The van der Waals surface area contributed by atoms with Crippen LogP contribution in [0.1, 0.15) is 24.0 Å². The SMILES string of the molecule is Cc1cccc(CN(C)C(=O)NC2CC2)c1. The molecule has 2 rings (SSSR count). The topological polar surface area (TPSA) is 32.3 Å². The summed E-state index contributed by atoms with van der Waals surface area (Å²) < 4.78 is 0. The summed E-state index contributed by atoms with van der Waals surface area (Å²) in [5, 5.41) is 2.98. The summed E-state index contributed by atoms with van der Waals surface area (Å²) in [5.41, 5.74) is 2.40. The number of carbonyl (C=O) groups is 1. The summed E-state index contributed by atoms with van der Waals surface area (Å²) >= 11 is 0. The van der Waals surface area contributed by atoms with Gasteiger partial charge in [-0.3, -0.25) is 0 Å². The molecule has 1 aliphatic rings. The van der Waals surface area contributed by atoms with Crippen LogP contribution in [0.2, 0.25) is 0 Å². The van der Waals surface area contributed by atoms with Crippen LogP contribution in [-0.4, -0.2) is 24.0 Å². The van der Waals surface area contributed by atoms with Crippen molar-refractivity contribution in [3.63, 3.8) is 0 Å². The van der Waals surface area contributed by atoms with Crippen molar-refractivity contribution in [2.45, 2.75) is 32.4 Å². The minimum Gasteiger partial charge on any atom is -0.335 e. The van der Waals surface area contributed by atoms with Crippen molar-refractivity contribution in [3.05, 3.63) is 35.4 Å². The molecule has 0 aliphatic heterocycles. The molecule has 86 valence electrons. The monoisotopic (exact) mass is 218 g/mol. The quantitative estimate of drug-likeness (QED) is 0.829. The largest absolute Gasteiger partial charge is 0.335 e. The van der Waals surface area contributed by atoms with Crippen LogP contribution in [-0.2, 0) is 6.54 Å². The molecule has 16 heavy (non-hydrogen) atoms. The Kier molecular flexibility index (Phi) is 3.13. The third-order valence-corrected chi connectivity index (χ3v) is 2.75. The number of hydrogen-bond donors (Lipinski definition) is 1. The fraction of sp³-hybridized carbons (Fsp3) is 0.462. The minimum atomic E-state index is 0.0315. The van der Waals surface area contributed by atoms with Crippen LogP contribution in [0.25, 0.3) is 0 Å². The van der Waals surface area contributed by atoms with E-state index in [9.17, 15) is 4.79 Å². The number of carbonyl (C=O) groups excluding carboxylic acids is 1. The summed E-state index contributed by atoms with van der Waals surface area (Å²) in [5.74, 6) is 0. The lowest BCUT2D eigenvalue weighted by Crippen LogP contribution is -2.37. The van der Waals surface area contributed by atoms with Gasteiger partial charge in [0.2, 0.25) is 0 Å². The normalized spacial score (nSPS) is 14.6. The van der Waals surface area contributed by atoms with Gasteiger partial charge in [-0.25, -0.2) is 4.79 Å². The molecule has 0 radical (unpaired) electrons. The van der Waals surface area contributed by atoms with Crippen molar-refractivity contribution < 1.29 is 4.79 Å². The minimum absolute atomic E-state index is 0.0315. The standard InChI is InChI=1S/C13H18N2O/c1-10-4-3-5-11(8-10)9-15(2)13(16)14-12-6-7-12/h3-5,8,12H,6-7,9H2,1-2H3,(H,14,16). The Hall–Kier alpha value is -1.51. The molecule has 1 saturated carbocycles. The van der Waals surface area contributed by atoms with E-state index in [0.717, 1.165) is 12.8 Å². The molecular formula is C13H18N2O. The lowest BCUT2D eigenvalue weighted by molar-refractivity contribution is 0.206. The molecule has 0 spiro atoms. The molecule has 0 saturated heterocycles. The molecule has 1 N–H and O–H groups in total. The van der Waals surface area contributed by atoms with Gasteiger partial charge in [0, 0.05) is 19.6 Å². The van der Waals surface area contributed by atoms with E-state index in [2.05, 4.69) is 24.4 Å². The van der Waals surface area contributed by atoms with Gasteiger partial charge in [-0.1, -0.05) is 29.8 Å².